The number of rotatable bonds is 11. The van der Waals surface area contributed by atoms with Crippen molar-refractivity contribution in [3.05, 3.63) is 40.2 Å². The Morgan fingerprint density at radius 2 is 1.72 bits per heavy atom. The van der Waals surface area contributed by atoms with Crippen molar-refractivity contribution in [2.75, 3.05) is 6.61 Å². The molecule has 0 aliphatic heterocycles. The summed E-state index contributed by atoms with van der Waals surface area (Å²) in [6.45, 7) is 4.68. The van der Waals surface area contributed by atoms with Crippen molar-refractivity contribution < 1.29 is 13.5 Å². The SMILES string of the molecule is CCCCCCCCc1cc2ccc(OCCCC)c(F)c2c(=O)o1. The first-order valence-corrected chi connectivity index (χ1v) is 9.55. The maximum absolute atomic E-state index is 14.5. The van der Waals surface area contributed by atoms with Crippen LogP contribution in [-0.4, -0.2) is 6.61 Å². The van der Waals surface area contributed by atoms with Gasteiger partial charge in [0.2, 0.25) is 0 Å². The monoisotopic (exact) mass is 348 g/mol. The Bertz CT molecular complexity index is 721. The van der Waals surface area contributed by atoms with Crippen LogP contribution in [0.1, 0.15) is 71.0 Å². The Morgan fingerprint density at radius 3 is 2.48 bits per heavy atom. The van der Waals surface area contributed by atoms with E-state index < -0.39 is 11.4 Å². The third-order valence-corrected chi connectivity index (χ3v) is 4.42. The summed E-state index contributed by atoms with van der Waals surface area (Å²) in [6.07, 6.45) is 9.61. The van der Waals surface area contributed by atoms with Gasteiger partial charge in [0.15, 0.2) is 11.6 Å². The van der Waals surface area contributed by atoms with Crippen LogP contribution in [0.4, 0.5) is 4.39 Å². The van der Waals surface area contributed by atoms with Crippen molar-refractivity contribution in [1.29, 1.82) is 0 Å². The van der Waals surface area contributed by atoms with Crippen LogP contribution in [0.5, 0.6) is 5.75 Å². The Kier molecular flexibility index (Phi) is 7.96. The maximum Gasteiger partial charge on any atom is 0.346 e. The van der Waals surface area contributed by atoms with Gasteiger partial charge < -0.3 is 9.15 Å². The minimum Gasteiger partial charge on any atom is -0.490 e. The average molecular weight is 348 g/mol. The van der Waals surface area contributed by atoms with Crippen molar-refractivity contribution in [3.8, 4) is 5.75 Å². The number of halogens is 1. The number of aryl methyl sites for hydroxylation is 1. The van der Waals surface area contributed by atoms with Crippen LogP contribution in [-0.2, 0) is 6.42 Å². The molecule has 1 heterocycles. The van der Waals surface area contributed by atoms with E-state index in [0.717, 1.165) is 25.7 Å². The van der Waals surface area contributed by atoms with E-state index in [4.69, 9.17) is 9.15 Å². The molecule has 3 nitrogen and oxygen atoms in total. The minimum absolute atomic E-state index is 0.0132. The van der Waals surface area contributed by atoms with E-state index in [0.29, 0.717) is 24.2 Å². The Labute approximate surface area is 149 Å². The molecule has 0 radical (unpaired) electrons. The first-order valence-electron chi connectivity index (χ1n) is 9.55. The molecule has 1 aromatic carbocycles. The predicted octanol–water partition coefficient (Wildman–Crippen LogP) is 6.01. The molecule has 0 N–H and O–H groups in total. The summed E-state index contributed by atoms with van der Waals surface area (Å²) in [5.41, 5.74) is -0.614. The number of hydrogen-bond donors (Lipinski definition) is 0. The molecule has 0 spiro atoms. The standard InChI is InChI=1S/C21H29FO3/c1-3-5-7-8-9-10-11-17-15-16-12-13-18(24-14-6-4-2)20(22)19(16)21(23)25-17/h12-13,15H,3-11,14H2,1-2H3. The number of hydrogen-bond acceptors (Lipinski definition) is 3. The van der Waals surface area contributed by atoms with Gasteiger partial charge in [-0.25, -0.2) is 9.18 Å². The zero-order chi connectivity index (χ0) is 18.1. The van der Waals surface area contributed by atoms with Gasteiger partial charge in [-0.2, -0.15) is 0 Å². The number of fused-ring (bicyclic) bond motifs is 1. The second-order valence-corrected chi connectivity index (χ2v) is 6.56. The van der Waals surface area contributed by atoms with E-state index in [9.17, 15) is 9.18 Å². The fraction of sp³-hybridized carbons (Fsp3) is 0.571. The van der Waals surface area contributed by atoms with Gasteiger partial charge >= 0.3 is 5.63 Å². The first kappa shape index (κ1) is 19.5. The predicted molar refractivity (Wildman–Crippen MR) is 99.9 cm³/mol. The van der Waals surface area contributed by atoms with Crippen LogP contribution in [0.2, 0.25) is 0 Å². The van der Waals surface area contributed by atoms with Gasteiger partial charge in [0.05, 0.1) is 6.61 Å². The van der Waals surface area contributed by atoms with Gasteiger partial charge in [0.25, 0.3) is 0 Å². The molecular formula is C21H29FO3. The van der Waals surface area contributed by atoms with Crippen molar-refractivity contribution in [1.82, 2.24) is 0 Å². The zero-order valence-electron chi connectivity index (χ0n) is 15.4. The van der Waals surface area contributed by atoms with Gasteiger partial charge in [-0.15, -0.1) is 0 Å². The van der Waals surface area contributed by atoms with Crippen LogP contribution in [0.15, 0.2) is 27.4 Å². The Hall–Kier alpha value is -1.84. The molecule has 0 saturated carbocycles. The van der Waals surface area contributed by atoms with Crippen LogP contribution in [0.3, 0.4) is 0 Å². The molecule has 0 fully saturated rings. The van der Waals surface area contributed by atoms with Crippen LogP contribution in [0.25, 0.3) is 10.8 Å². The van der Waals surface area contributed by atoms with E-state index in [2.05, 4.69) is 6.92 Å². The van der Waals surface area contributed by atoms with Gasteiger partial charge in [0.1, 0.15) is 11.1 Å². The quantitative estimate of drug-likeness (QED) is 0.467. The molecule has 1 aromatic heterocycles. The Balaban J connectivity index is 2.06. The molecule has 0 atom stereocenters. The fourth-order valence-electron chi connectivity index (χ4n) is 2.91. The number of unbranched alkanes of at least 4 members (excludes halogenated alkanes) is 6. The number of benzene rings is 1. The van der Waals surface area contributed by atoms with Gasteiger partial charge in [-0.3, -0.25) is 0 Å². The van der Waals surface area contributed by atoms with E-state index in [-0.39, 0.29) is 11.1 Å². The third kappa shape index (κ3) is 5.58. The van der Waals surface area contributed by atoms with E-state index in [1.807, 2.05) is 6.92 Å². The second kappa shape index (κ2) is 10.2. The second-order valence-electron chi connectivity index (χ2n) is 6.56. The molecule has 0 bridgehead atoms. The molecule has 0 saturated heterocycles. The molecule has 0 unspecified atom stereocenters. The third-order valence-electron chi connectivity index (χ3n) is 4.42. The number of ether oxygens (including phenoxy) is 1. The van der Waals surface area contributed by atoms with Gasteiger partial charge in [0, 0.05) is 6.42 Å². The summed E-state index contributed by atoms with van der Waals surface area (Å²) >= 11 is 0. The van der Waals surface area contributed by atoms with E-state index in [1.54, 1.807) is 18.2 Å². The highest BCUT2D eigenvalue weighted by molar-refractivity contribution is 5.83. The molecule has 2 aromatic rings. The van der Waals surface area contributed by atoms with Crippen molar-refractivity contribution in [2.45, 2.75) is 71.6 Å². The smallest absolute Gasteiger partial charge is 0.346 e. The molecule has 0 amide bonds. The summed E-state index contributed by atoms with van der Waals surface area (Å²) in [7, 11) is 0. The largest absolute Gasteiger partial charge is 0.490 e. The van der Waals surface area contributed by atoms with Crippen molar-refractivity contribution >= 4 is 10.8 Å². The highest BCUT2D eigenvalue weighted by Crippen LogP contribution is 2.25. The highest BCUT2D eigenvalue weighted by Gasteiger charge is 2.14. The normalized spacial score (nSPS) is 11.2. The minimum atomic E-state index is -0.617. The topological polar surface area (TPSA) is 39.4 Å². The molecule has 138 valence electrons. The lowest BCUT2D eigenvalue weighted by Gasteiger charge is -2.09. The summed E-state index contributed by atoms with van der Waals surface area (Å²) in [5, 5.41) is 0.568. The fourth-order valence-corrected chi connectivity index (χ4v) is 2.91. The van der Waals surface area contributed by atoms with E-state index in [1.165, 1.54) is 25.7 Å². The molecular weight excluding hydrogens is 319 g/mol. The highest BCUT2D eigenvalue weighted by atomic mass is 19.1. The summed E-state index contributed by atoms with van der Waals surface area (Å²) in [4.78, 5) is 12.2. The zero-order valence-corrected chi connectivity index (χ0v) is 15.4. The molecule has 0 aliphatic rings. The van der Waals surface area contributed by atoms with Gasteiger partial charge in [-0.1, -0.05) is 58.4 Å². The van der Waals surface area contributed by atoms with Gasteiger partial charge in [-0.05, 0) is 30.4 Å². The lowest BCUT2D eigenvalue weighted by molar-refractivity contribution is 0.295. The molecule has 0 aliphatic carbocycles. The lowest BCUT2D eigenvalue weighted by Crippen LogP contribution is -2.07. The molecule has 25 heavy (non-hydrogen) atoms. The average Bonchev–Trinajstić information content (AvgIpc) is 2.60. The van der Waals surface area contributed by atoms with Crippen LogP contribution < -0.4 is 10.4 Å². The molecule has 2 rings (SSSR count). The van der Waals surface area contributed by atoms with Crippen LogP contribution in [0, 0.1) is 5.82 Å². The Morgan fingerprint density at radius 1 is 1.00 bits per heavy atom. The van der Waals surface area contributed by atoms with Crippen LogP contribution >= 0.6 is 0 Å². The molecule has 4 heteroatoms. The lowest BCUT2D eigenvalue weighted by atomic mass is 10.1. The summed E-state index contributed by atoms with van der Waals surface area (Å²) in [6, 6.07) is 5.12. The summed E-state index contributed by atoms with van der Waals surface area (Å²) in [5.74, 6) is 0.137. The van der Waals surface area contributed by atoms with E-state index >= 15 is 0 Å². The van der Waals surface area contributed by atoms with Crippen molar-refractivity contribution in [3.63, 3.8) is 0 Å². The first-order chi connectivity index (χ1) is 12.2. The summed E-state index contributed by atoms with van der Waals surface area (Å²) < 4.78 is 25.3. The van der Waals surface area contributed by atoms with Crippen molar-refractivity contribution in [2.24, 2.45) is 0 Å². The maximum atomic E-state index is 14.5.